The van der Waals surface area contributed by atoms with Crippen LogP contribution in [0.3, 0.4) is 0 Å². The van der Waals surface area contributed by atoms with Crippen LogP contribution in [0, 0.1) is 0 Å². The van der Waals surface area contributed by atoms with Crippen LogP contribution in [0.2, 0.25) is 10.0 Å². The summed E-state index contributed by atoms with van der Waals surface area (Å²) in [5, 5.41) is 0.965. The maximum Gasteiger partial charge on any atom is 0.227 e. The van der Waals surface area contributed by atoms with Gasteiger partial charge in [0.25, 0.3) is 0 Å². The quantitative estimate of drug-likeness (QED) is 0.736. The lowest BCUT2D eigenvalue weighted by atomic mass is 9.90. The highest BCUT2D eigenvalue weighted by molar-refractivity contribution is 7.89. The number of carbonyl (C=O) groups is 1. The summed E-state index contributed by atoms with van der Waals surface area (Å²) in [7, 11) is -3.12. The summed E-state index contributed by atoms with van der Waals surface area (Å²) in [4.78, 5) is 14.7. The number of nitrogens with zero attached hydrogens (tertiary/aromatic N) is 1. The molecule has 0 saturated heterocycles. The molecule has 0 aliphatic carbocycles. The van der Waals surface area contributed by atoms with E-state index in [4.69, 9.17) is 23.2 Å². The Bertz CT molecular complexity index is 968. The van der Waals surface area contributed by atoms with Gasteiger partial charge in [0.1, 0.15) is 0 Å². The van der Waals surface area contributed by atoms with Crippen LogP contribution in [-0.2, 0) is 33.2 Å². The molecule has 0 fully saturated rings. The fraction of sp³-hybridized carbons (Fsp3) is 0.350. The maximum absolute atomic E-state index is 12.9. The normalized spacial score (nSPS) is 16.9. The molecule has 144 valence electrons. The Balaban J connectivity index is 1.86. The second-order valence-corrected chi connectivity index (χ2v) is 9.90. The Labute approximate surface area is 170 Å². The second kappa shape index (κ2) is 7.82. The minimum absolute atomic E-state index is 0.0199. The summed E-state index contributed by atoms with van der Waals surface area (Å²) >= 11 is 12.4. The molecule has 0 spiro atoms. The highest BCUT2D eigenvalue weighted by Gasteiger charge is 2.29. The molecule has 2 aromatic rings. The van der Waals surface area contributed by atoms with Gasteiger partial charge in [-0.15, -0.1) is 0 Å². The van der Waals surface area contributed by atoms with Gasteiger partial charge in [-0.05, 0) is 47.7 Å². The van der Waals surface area contributed by atoms with Crippen LogP contribution in [0.1, 0.15) is 35.2 Å². The fourth-order valence-electron chi connectivity index (χ4n) is 3.66. The molecule has 1 heterocycles. The predicted molar refractivity (Wildman–Crippen MR) is 109 cm³/mol. The van der Waals surface area contributed by atoms with E-state index in [0.29, 0.717) is 28.6 Å². The van der Waals surface area contributed by atoms with Crippen LogP contribution in [0.25, 0.3) is 0 Å². The van der Waals surface area contributed by atoms with Gasteiger partial charge in [0, 0.05) is 22.8 Å². The number of amides is 1. The molecule has 0 unspecified atom stereocenters. The third-order valence-corrected chi connectivity index (χ3v) is 6.50. The molecule has 1 aliphatic heterocycles. The summed E-state index contributed by atoms with van der Waals surface area (Å²) in [6, 6.07) is 10.7. The molecule has 4 nitrogen and oxygen atoms in total. The first-order valence-corrected chi connectivity index (χ1v) is 11.5. The van der Waals surface area contributed by atoms with Crippen LogP contribution >= 0.6 is 23.2 Å². The third kappa shape index (κ3) is 4.48. The topological polar surface area (TPSA) is 54.5 Å². The van der Waals surface area contributed by atoms with Gasteiger partial charge in [0.15, 0.2) is 9.84 Å². The molecule has 2 aromatic carbocycles. The molecule has 3 rings (SSSR count). The Morgan fingerprint density at radius 1 is 1.15 bits per heavy atom. The Morgan fingerprint density at radius 3 is 2.41 bits per heavy atom. The maximum atomic E-state index is 12.9. The van der Waals surface area contributed by atoms with Crippen molar-refractivity contribution in [1.82, 2.24) is 4.90 Å². The van der Waals surface area contributed by atoms with Gasteiger partial charge in [-0.2, -0.15) is 0 Å². The molecule has 27 heavy (non-hydrogen) atoms. The number of hydrogen-bond donors (Lipinski definition) is 0. The zero-order valence-corrected chi connectivity index (χ0v) is 17.5. The van der Waals surface area contributed by atoms with E-state index in [-0.39, 0.29) is 24.1 Å². The van der Waals surface area contributed by atoms with Gasteiger partial charge in [0.2, 0.25) is 5.91 Å². The Kier molecular flexibility index (Phi) is 5.84. The van der Waals surface area contributed by atoms with Crippen LogP contribution in [0.4, 0.5) is 0 Å². The van der Waals surface area contributed by atoms with Crippen LogP contribution < -0.4 is 0 Å². The standard InChI is InChI=1S/C20H21Cl2NO3S/c1-13-15-6-3-5-14(12-27(2,25)26)16(15)9-10-23(13)20(24)11-17-18(21)7-4-8-19(17)22/h3-8,13H,9-12H2,1-2H3/t13-/m0/s1. The smallest absolute Gasteiger partial charge is 0.227 e. The SMILES string of the molecule is C[C@H]1c2cccc(CS(C)(=O)=O)c2CCN1C(=O)Cc1c(Cl)cccc1Cl. The summed E-state index contributed by atoms with van der Waals surface area (Å²) in [5.74, 6) is -0.0248. The van der Waals surface area contributed by atoms with Gasteiger partial charge in [-0.1, -0.05) is 47.5 Å². The molecular weight excluding hydrogens is 405 g/mol. The third-order valence-electron chi connectivity index (χ3n) is 4.96. The number of hydrogen-bond acceptors (Lipinski definition) is 3. The van der Waals surface area contributed by atoms with Crippen LogP contribution in [0.5, 0.6) is 0 Å². The van der Waals surface area contributed by atoms with Crippen LogP contribution in [0.15, 0.2) is 36.4 Å². The predicted octanol–water partition coefficient (Wildman–Crippen LogP) is 4.23. The molecule has 1 aliphatic rings. The fourth-order valence-corrected chi connectivity index (χ4v) is 5.02. The summed E-state index contributed by atoms with van der Waals surface area (Å²) in [6.45, 7) is 2.50. The van der Waals surface area contributed by atoms with E-state index in [1.54, 1.807) is 18.2 Å². The monoisotopic (exact) mass is 425 g/mol. The van der Waals surface area contributed by atoms with Crippen molar-refractivity contribution in [2.75, 3.05) is 12.8 Å². The molecule has 7 heteroatoms. The highest BCUT2D eigenvalue weighted by Crippen LogP contribution is 2.33. The zero-order chi connectivity index (χ0) is 19.8. The van der Waals surface area contributed by atoms with E-state index in [0.717, 1.165) is 16.7 Å². The van der Waals surface area contributed by atoms with Crippen LogP contribution in [-0.4, -0.2) is 32.0 Å². The molecule has 0 saturated carbocycles. The van der Waals surface area contributed by atoms with Gasteiger partial charge >= 0.3 is 0 Å². The van der Waals surface area contributed by atoms with Gasteiger partial charge in [-0.3, -0.25) is 4.79 Å². The van der Waals surface area contributed by atoms with Crippen molar-refractivity contribution in [2.45, 2.75) is 31.6 Å². The second-order valence-electron chi connectivity index (χ2n) is 6.95. The average Bonchev–Trinajstić information content (AvgIpc) is 2.58. The highest BCUT2D eigenvalue weighted by atomic mass is 35.5. The Morgan fingerprint density at radius 2 is 1.78 bits per heavy atom. The first-order valence-electron chi connectivity index (χ1n) is 8.68. The van der Waals surface area contributed by atoms with E-state index in [9.17, 15) is 13.2 Å². The number of halogens is 2. The van der Waals surface area contributed by atoms with E-state index < -0.39 is 9.84 Å². The summed E-state index contributed by atoms with van der Waals surface area (Å²) < 4.78 is 23.4. The number of sulfone groups is 1. The summed E-state index contributed by atoms with van der Waals surface area (Å²) in [6.07, 6.45) is 2.01. The molecule has 1 atom stereocenters. The summed E-state index contributed by atoms with van der Waals surface area (Å²) in [5.41, 5.74) is 3.49. The lowest BCUT2D eigenvalue weighted by Gasteiger charge is -2.36. The molecule has 1 amide bonds. The lowest BCUT2D eigenvalue weighted by molar-refractivity contribution is -0.133. The van der Waals surface area contributed by atoms with Gasteiger partial charge < -0.3 is 4.90 Å². The number of fused-ring (bicyclic) bond motifs is 1. The van der Waals surface area contributed by atoms with Gasteiger partial charge in [-0.25, -0.2) is 8.42 Å². The van der Waals surface area contributed by atoms with Crippen molar-refractivity contribution in [2.24, 2.45) is 0 Å². The number of carbonyl (C=O) groups excluding carboxylic acids is 1. The van der Waals surface area contributed by atoms with E-state index in [2.05, 4.69) is 0 Å². The van der Waals surface area contributed by atoms with Crippen molar-refractivity contribution in [1.29, 1.82) is 0 Å². The molecule has 0 aromatic heterocycles. The van der Waals surface area contributed by atoms with Crippen molar-refractivity contribution in [3.05, 3.63) is 68.7 Å². The largest absolute Gasteiger partial charge is 0.335 e. The molecular formula is C20H21Cl2NO3S. The number of rotatable bonds is 4. The molecule has 0 N–H and O–H groups in total. The minimum atomic E-state index is -3.12. The van der Waals surface area contributed by atoms with E-state index in [1.165, 1.54) is 6.26 Å². The van der Waals surface area contributed by atoms with E-state index >= 15 is 0 Å². The lowest BCUT2D eigenvalue weighted by Crippen LogP contribution is -2.40. The number of benzene rings is 2. The minimum Gasteiger partial charge on any atom is -0.335 e. The molecule has 0 bridgehead atoms. The Hall–Kier alpha value is -1.56. The zero-order valence-electron chi connectivity index (χ0n) is 15.2. The van der Waals surface area contributed by atoms with Crippen molar-refractivity contribution >= 4 is 38.9 Å². The van der Waals surface area contributed by atoms with Crippen molar-refractivity contribution < 1.29 is 13.2 Å². The van der Waals surface area contributed by atoms with E-state index in [1.807, 2.05) is 30.0 Å². The van der Waals surface area contributed by atoms with Gasteiger partial charge in [0.05, 0.1) is 18.2 Å². The van der Waals surface area contributed by atoms with Crippen molar-refractivity contribution in [3.8, 4) is 0 Å². The first kappa shape index (κ1) is 20.2. The molecule has 0 radical (unpaired) electrons. The van der Waals surface area contributed by atoms with Crippen molar-refractivity contribution in [3.63, 3.8) is 0 Å². The first-order chi connectivity index (χ1) is 12.7. The average molecular weight is 426 g/mol.